The lowest BCUT2D eigenvalue weighted by molar-refractivity contribution is 0.568. The van der Waals surface area contributed by atoms with Crippen molar-refractivity contribution in [1.29, 1.82) is 0 Å². The highest BCUT2D eigenvalue weighted by Gasteiger charge is 2.12. The molecule has 4 aromatic carbocycles. The molecule has 0 saturated heterocycles. The molecule has 0 nitrogen and oxygen atoms in total. The van der Waals surface area contributed by atoms with E-state index in [0.717, 1.165) is 35.2 Å². The third kappa shape index (κ3) is 4.31. The van der Waals surface area contributed by atoms with Gasteiger partial charge in [-0.25, -0.2) is 13.2 Å². The van der Waals surface area contributed by atoms with Crippen LogP contribution < -0.4 is 0 Å². The minimum Gasteiger partial charge on any atom is -0.207 e. The molecule has 0 amide bonds. The third-order valence-electron chi connectivity index (χ3n) is 5.45. The van der Waals surface area contributed by atoms with Crippen molar-refractivity contribution in [2.75, 3.05) is 0 Å². The van der Waals surface area contributed by atoms with Crippen LogP contribution in [0, 0.1) is 24.4 Å². The van der Waals surface area contributed by atoms with Gasteiger partial charge in [-0.2, -0.15) is 0 Å². The molecule has 0 heterocycles. The second-order valence-electron chi connectivity index (χ2n) is 7.53. The van der Waals surface area contributed by atoms with Crippen LogP contribution in [0.4, 0.5) is 13.2 Å². The summed E-state index contributed by atoms with van der Waals surface area (Å²) in [7, 11) is 0. The van der Waals surface area contributed by atoms with E-state index in [2.05, 4.69) is 30.8 Å². The van der Waals surface area contributed by atoms with Crippen LogP contribution in [0.2, 0.25) is 0 Å². The molecule has 31 heavy (non-hydrogen) atoms. The fourth-order valence-corrected chi connectivity index (χ4v) is 3.58. The Morgan fingerprint density at radius 3 is 1.58 bits per heavy atom. The van der Waals surface area contributed by atoms with Crippen molar-refractivity contribution < 1.29 is 13.2 Å². The van der Waals surface area contributed by atoms with E-state index in [-0.39, 0.29) is 16.7 Å². The van der Waals surface area contributed by atoms with Crippen LogP contribution in [-0.2, 0) is 6.42 Å². The molecule has 0 atom stereocenters. The predicted octanol–water partition coefficient (Wildman–Crippen LogP) is 8.14. The zero-order valence-corrected chi connectivity index (χ0v) is 17.1. The van der Waals surface area contributed by atoms with Crippen molar-refractivity contribution in [3.63, 3.8) is 0 Å². The van der Waals surface area contributed by atoms with Crippen molar-refractivity contribution in [1.82, 2.24) is 0 Å². The number of hydrogen-bond acceptors (Lipinski definition) is 0. The molecule has 0 aliphatic heterocycles. The van der Waals surface area contributed by atoms with E-state index in [9.17, 15) is 13.2 Å². The molecule has 4 rings (SSSR count). The summed E-state index contributed by atoms with van der Waals surface area (Å²) in [6.07, 6.45) is 2.71. The smallest absolute Gasteiger partial charge is 0.131 e. The Labute approximate surface area is 180 Å². The van der Waals surface area contributed by atoms with Crippen molar-refractivity contribution in [2.24, 2.45) is 0 Å². The average Bonchev–Trinajstić information content (AvgIpc) is 2.78. The van der Waals surface area contributed by atoms with Gasteiger partial charge in [-0.3, -0.25) is 0 Å². The topological polar surface area (TPSA) is 0 Å². The molecule has 0 bridgehead atoms. The van der Waals surface area contributed by atoms with E-state index in [1.165, 1.54) is 18.6 Å². The van der Waals surface area contributed by atoms with E-state index in [1.807, 2.05) is 30.3 Å². The maximum atomic E-state index is 14.8. The van der Waals surface area contributed by atoms with Crippen molar-refractivity contribution >= 4 is 0 Å². The van der Waals surface area contributed by atoms with E-state index in [4.69, 9.17) is 0 Å². The largest absolute Gasteiger partial charge is 0.207 e. The van der Waals surface area contributed by atoms with E-state index < -0.39 is 17.5 Å². The van der Waals surface area contributed by atoms with Gasteiger partial charge in [-0.05, 0) is 64.9 Å². The highest BCUT2D eigenvalue weighted by Crippen LogP contribution is 2.31. The number of hydrogen-bond donors (Lipinski definition) is 0. The molecule has 154 valence electrons. The predicted molar refractivity (Wildman–Crippen MR) is 121 cm³/mol. The van der Waals surface area contributed by atoms with Gasteiger partial charge in [0.05, 0.1) is 0 Å². The van der Waals surface area contributed by atoms with Crippen molar-refractivity contribution in [2.45, 2.75) is 13.3 Å². The van der Waals surface area contributed by atoms with E-state index in [1.54, 1.807) is 12.1 Å². The lowest BCUT2D eigenvalue weighted by Crippen LogP contribution is -1.93. The van der Waals surface area contributed by atoms with Crippen LogP contribution in [0.3, 0.4) is 0 Å². The van der Waals surface area contributed by atoms with Crippen LogP contribution in [0.25, 0.3) is 33.4 Å². The molecule has 4 aromatic rings. The quantitative estimate of drug-likeness (QED) is 0.289. The zero-order valence-electron chi connectivity index (χ0n) is 17.1. The lowest BCUT2D eigenvalue weighted by Gasteiger charge is -2.10. The standard InChI is InChI=1S/C28H21F3/c1-3-4-19-5-7-20(8-6-19)21-9-11-22(12-10-21)23-13-14-25(28(31)15-23)24-16-26(29)18(2)27(30)17-24/h3,5-17H,1,4H2,2H3. The average molecular weight is 414 g/mol. The first-order valence-electron chi connectivity index (χ1n) is 10.0. The molecule has 0 aromatic heterocycles. The van der Waals surface area contributed by atoms with Crippen LogP contribution in [0.5, 0.6) is 0 Å². The first-order valence-corrected chi connectivity index (χ1v) is 10.0. The summed E-state index contributed by atoms with van der Waals surface area (Å²) in [6, 6.07) is 23.2. The Kier molecular flexibility index (Phi) is 5.77. The maximum absolute atomic E-state index is 14.8. The second kappa shape index (κ2) is 8.65. The van der Waals surface area contributed by atoms with Gasteiger partial charge in [0.2, 0.25) is 0 Å². The van der Waals surface area contributed by atoms with Gasteiger partial charge in [0.25, 0.3) is 0 Å². The molecular formula is C28H21F3. The van der Waals surface area contributed by atoms with Crippen LogP contribution >= 0.6 is 0 Å². The minimum absolute atomic E-state index is 0.0730. The first kappa shape index (κ1) is 20.7. The molecule has 3 heteroatoms. The highest BCUT2D eigenvalue weighted by molar-refractivity contribution is 5.74. The normalized spacial score (nSPS) is 10.8. The van der Waals surface area contributed by atoms with Gasteiger partial charge in [0, 0.05) is 11.1 Å². The summed E-state index contributed by atoms with van der Waals surface area (Å²) >= 11 is 0. The van der Waals surface area contributed by atoms with Crippen LogP contribution in [0.1, 0.15) is 11.1 Å². The Morgan fingerprint density at radius 2 is 1.06 bits per heavy atom. The monoisotopic (exact) mass is 414 g/mol. The van der Waals surface area contributed by atoms with Gasteiger partial charge in [-0.1, -0.05) is 66.7 Å². The zero-order chi connectivity index (χ0) is 22.0. The van der Waals surface area contributed by atoms with E-state index in [0.29, 0.717) is 5.56 Å². The van der Waals surface area contributed by atoms with Gasteiger partial charge in [-0.15, -0.1) is 6.58 Å². The molecule has 0 unspecified atom stereocenters. The molecule has 0 radical (unpaired) electrons. The van der Waals surface area contributed by atoms with Crippen molar-refractivity contribution in [3.05, 3.63) is 120 Å². The molecule has 0 aliphatic rings. The molecule has 0 fully saturated rings. The highest BCUT2D eigenvalue weighted by atomic mass is 19.1. The summed E-state index contributed by atoms with van der Waals surface area (Å²) in [5, 5.41) is 0. The molecule has 0 aliphatic carbocycles. The van der Waals surface area contributed by atoms with Gasteiger partial charge >= 0.3 is 0 Å². The fourth-order valence-electron chi connectivity index (χ4n) is 3.58. The third-order valence-corrected chi connectivity index (χ3v) is 5.45. The Balaban J connectivity index is 1.60. The first-order chi connectivity index (χ1) is 15.0. The summed E-state index contributed by atoms with van der Waals surface area (Å²) < 4.78 is 42.5. The summed E-state index contributed by atoms with van der Waals surface area (Å²) in [6.45, 7) is 5.11. The van der Waals surface area contributed by atoms with Crippen LogP contribution in [-0.4, -0.2) is 0 Å². The number of allylic oxidation sites excluding steroid dienone is 1. The van der Waals surface area contributed by atoms with E-state index >= 15 is 0 Å². The molecular weight excluding hydrogens is 393 g/mol. The Morgan fingerprint density at radius 1 is 0.613 bits per heavy atom. The van der Waals surface area contributed by atoms with Gasteiger partial charge in [0.1, 0.15) is 17.5 Å². The maximum Gasteiger partial charge on any atom is 0.131 e. The second-order valence-corrected chi connectivity index (χ2v) is 7.53. The lowest BCUT2D eigenvalue weighted by atomic mass is 9.96. The minimum atomic E-state index is -0.688. The fraction of sp³-hybridized carbons (Fsp3) is 0.0714. The summed E-state index contributed by atoms with van der Waals surface area (Å²) in [5.74, 6) is -1.90. The molecule has 0 spiro atoms. The van der Waals surface area contributed by atoms with Gasteiger partial charge in [0.15, 0.2) is 0 Å². The number of benzene rings is 4. The van der Waals surface area contributed by atoms with Gasteiger partial charge < -0.3 is 0 Å². The van der Waals surface area contributed by atoms with Crippen LogP contribution in [0.15, 0.2) is 91.5 Å². The summed E-state index contributed by atoms with van der Waals surface area (Å²) in [4.78, 5) is 0. The molecule has 0 saturated carbocycles. The number of halogens is 3. The van der Waals surface area contributed by atoms with Crippen molar-refractivity contribution in [3.8, 4) is 33.4 Å². The SMILES string of the molecule is C=CCc1ccc(-c2ccc(-c3ccc(-c4cc(F)c(C)c(F)c4)c(F)c3)cc2)cc1. The Bertz CT molecular complexity index is 1210. The Hall–Kier alpha value is -3.59. The number of rotatable bonds is 5. The molecule has 0 N–H and O–H groups in total. The summed E-state index contributed by atoms with van der Waals surface area (Å²) in [5.41, 5.74) is 5.20.